The summed E-state index contributed by atoms with van der Waals surface area (Å²) in [5.41, 5.74) is 1.95. The van der Waals surface area contributed by atoms with Gasteiger partial charge in [0.05, 0.1) is 25.2 Å². The average molecular weight is 560 g/mol. The van der Waals surface area contributed by atoms with Gasteiger partial charge in [0.1, 0.15) is 6.23 Å². The Morgan fingerprint density at radius 2 is 1.85 bits per heavy atom. The third kappa shape index (κ3) is 8.34. The summed E-state index contributed by atoms with van der Waals surface area (Å²) < 4.78 is 10.9. The molecule has 39 heavy (non-hydrogen) atoms. The van der Waals surface area contributed by atoms with Gasteiger partial charge in [0.2, 0.25) is 11.7 Å². The number of morpholine rings is 1. The van der Waals surface area contributed by atoms with E-state index in [0.29, 0.717) is 18.1 Å². The molecule has 1 aromatic heterocycles. The standard InChI is InChI=1S/C28H41N5O5S/c1-18(2)16-23(24(34)27-31-32-28(38-27)39-3)30-26(36)21-6-4-5-7-22(21)29-25(35)20-10-8-19(9-11-20)17-33-12-14-37-15-13-33/h8-11,18,21-23,25,29,35H,4-7,12-17H2,1-3H3,(H,30,36)/t21-,22+,23+,25?/m1/s1. The molecule has 2 aromatic rings. The van der Waals surface area contributed by atoms with Gasteiger partial charge in [0, 0.05) is 25.7 Å². The first-order chi connectivity index (χ1) is 18.8. The smallest absolute Gasteiger partial charge is 0.286 e. The van der Waals surface area contributed by atoms with Crippen molar-refractivity contribution >= 4 is 23.5 Å². The van der Waals surface area contributed by atoms with Crippen molar-refractivity contribution < 1.29 is 23.8 Å². The molecule has 0 bridgehead atoms. The van der Waals surface area contributed by atoms with E-state index >= 15 is 0 Å². The molecule has 4 rings (SSSR count). The van der Waals surface area contributed by atoms with E-state index in [2.05, 4.69) is 25.7 Å². The van der Waals surface area contributed by atoms with E-state index in [0.717, 1.165) is 57.7 Å². The number of hydrogen-bond acceptors (Lipinski definition) is 10. The highest BCUT2D eigenvalue weighted by Crippen LogP contribution is 2.28. The maximum Gasteiger partial charge on any atom is 0.286 e. The number of thioether (sulfide) groups is 1. The number of nitrogens with one attached hydrogen (secondary N) is 2. The fraction of sp³-hybridized carbons (Fsp3) is 0.643. The van der Waals surface area contributed by atoms with Gasteiger partial charge in [0.15, 0.2) is 0 Å². The molecular weight excluding hydrogens is 518 g/mol. The summed E-state index contributed by atoms with van der Waals surface area (Å²) in [7, 11) is 0. The zero-order chi connectivity index (χ0) is 27.8. The molecule has 2 fully saturated rings. The Bertz CT molecular complexity index is 1070. The molecule has 214 valence electrons. The predicted octanol–water partition coefficient (Wildman–Crippen LogP) is 3.18. The maximum atomic E-state index is 13.5. The van der Waals surface area contributed by atoms with Gasteiger partial charge in [-0.15, -0.1) is 10.2 Å². The molecule has 1 aliphatic carbocycles. The number of rotatable bonds is 12. The van der Waals surface area contributed by atoms with Crippen molar-refractivity contribution in [2.45, 2.75) is 76.0 Å². The largest absolute Gasteiger partial charge is 0.408 e. The zero-order valence-electron chi connectivity index (χ0n) is 23.1. The highest BCUT2D eigenvalue weighted by molar-refractivity contribution is 7.98. The van der Waals surface area contributed by atoms with Crippen LogP contribution in [0.25, 0.3) is 0 Å². The van der Waals surface area contributed by atoms with E-state index in [-0.39, 0.29) is 35.5 Å². The Balaban J connectivity index is 1.38. The van der Waals surface area contributed by atoms with Crippen LogP contribution < -0.4 is 10.6 Å². The topological polar surface area (TPSA) is 130 Å². The van der Waals surface area contributed by atoms with Crippen molar-refractivity contribution in [1.82, 2.24) is 25.7 Å². The lowest BCUT2D eigenvalue weighted by molar-refractivity contribution is -0.127. The number of hydrogen-bond donors (Lipinski definition) is 3. The minimum atomic E-state index is -0.891. The van der Waals surface area contributed by atoms with Crippen molar-refractivity contribution in [1.29, 1.82) is 0 Å². The van der Waals surface area contributed by atoms with Crippen LogP contribution in [0.15, 0.2) is 33.9 Å². The number of carbonyl (C=O) groups is 2. The lowest BCUT2D eigenvalue weighted by Gasteiger charge is -2.34. The quantitative estimate of drug-likeness (QED) is 0.203. The van der Waals surface area contributed by atoms with Crippen molar-refractivity contribution in [2.75, 3.05) is 32.6 Å². The van der Waals surface area contributed by atoms with E-state index in [1.807, 2.05) is 38.1 Å². The van der Waals surface area contributed by atoms with Crippen molar-refractivity contribution in [2.24, 2.45) is 11.8 Å². The summed E-state index contributed by atoms with van der Waals surface area (Å²) in [5.74, 6) is -0.834. The maximum absolute atomic E-state index is 13.5. The van der Waals surface area contributed by atoms with E-state index in [9.17, 15) is 14.7 Å². The van der Waals surface area contributed by atoms with Crippen LogP contribution in [0.3, 0.4) is 0 Å². The summed E-state index contributed by atoms with van der Waals surface area (Å²) in [5, 5.41) is 25.3. The molecule has 4 atom stereocenters. The molecule has 0 spiro atoms. The predicted molar refractivity (Wildman–Crippen MR) is 148 cm³/mol. The molecule has 1 amide bonds. The summed E-state index contributed by atoms with van der Waals surface area (Å²) in [6.45, 7) is 8.24. The monoisotopic (exact) mass is 559 g/mol. The summed E-state index contributed by atoms with van der Waals surface area (Å²) in [6, 6.07) is 7.01. The molecule has 1 aromatic carbocycles. The normalized spacial score (nSPS) is 22.0. The first kappa shape index (κ1) is 29.7. The van der Waals surface area contributed by atoms with Crippen molar-refractivity contribution in [3.63, 3.8) is 0 Å². The number of nitrogens with zero attached hydrogens (tertiary/aromatic N) is 3. The van der Waals surface area contributed by atoms with Gasteiger partial charge in [0.25, 0.3) is 11.1 Å². The highest BCUT2D eigenvalue weighted by atomic mass is 32.2. The molecule has 10 nitrogen and oxygen atoms in total. The summed E-state index contributed by atoms with van der Waals surface area (Å²) >= 11 is 1.26. The zero-order valence-corrected chi connectivity index (χ0v) is 23.9. The Kier molecular flexibility index (Phi) is 10.9. The molecule has 0 radical (unpaired) electrons. The minimum Gasteiger partial charge on any atom is -0.408 e. The number of amides is 1. The number of ether oxygens (including phenoxy) is 1. The number of aliphatic hydroxyl groups is 1. The number of ketones is 1. The number of Topliss-reactive ketones (excluding diaryl/α,β-unsaturated/α-hetero) is 1. The first-order valence-corrected chi connectivity index (χ1v) is 15.1. The molecule has 11 heteroatoms. The third-order valence-electron chi connectivity index (χ3n) is 7.41. The van der Waals surface area contributed by atoms with E-state index in [1.165, 1.54) is 17.3 Å². The highest BCUT2D eigenvalue weighted by Gasteiger charge is 2.35. The molecule has 1 aliphatic heterocycles. The SMILES string of the molecule is CSc1nnc(C(=O)[C@H](CC(C)C)NC(=O)[C@@H]2CCCC[C@@H]2NC(O)c2ccc(CN3CCOCC3)cc2)o1. The molecule has 1 saturated carbocycles. The number of benzene rings is 1. The summed E-state index contributed by atoms with van der Waals surface area (Å²) in [6.07, 6.45) is 4.72. The Morgan fingerprint density at radius 3 is 2.51 bits per heavy atom. The van der Waals surface area contributed by atoms with E-state index < -0.39 is 12.3 Å². The second kappa shape index (κ2) is 14.4. The fourth-order valence-electron chi connectivity index (χ4n) is 5.29. The Morgan fingerprint density at radius 1 is 1.13 bits per heavy atom. The number of aliphatic hydroxyl groups excluding tert-OH is 1. The van der Waals surface area contributed by atoms with Gasteiger partial charge in [-0.25, -0.2) is 0 Å². The van der Waals surface area contributed by atoms with Crippen LogP contribution >= 0.6 is 11.8 Å². The molecular formula is C28H41N5O5S. The third-order valence-corrected chi connectivity index (χ3v) is 7.93. The van der Waals surface area contributed by atoms with Gasteiger partial charge in [-0.1, -0.05) is 62.7 Å². The average Bonchev–Trinajstić information content (AvgIpc) is 3.43. The summed E-state index contributed by atoms with van der Waals surface area (Å²) in [4.78, 5) is 29.0. The van der Waals surface area contributed by atoms with E-state index in [1.54, 1.807) is 6.26 Å². The van der Waals surface area contributed by atoms with Crippen LogP contribution in [0, 0.1) is 11.8 Å². The van der Waals surface area contributed by atoms with Crippen LogP contribution in [0.1, 0.15) is 74.0 Å². The lowest BCUT2D eigenvalue weighted by Crippen LogP contribution is -2.51. The fourth-order valence-corrected chi connectivity index (χ4v) is 5.57. The minimum absolute atomic E-state index is 0.0869. The molecule has 1 saturated heterocycles. The van der Waals surface area contributed by atoms with Crippen molar-refractivity contribution in [3.05, 3.63) is 41.3 Å². The molecule has 1 unspecified atom stereocenters. The van der Waals surface area contributed by atoms with Crippen molar-refractivity contribution in [3.8, 4) is 0 Å². The number of aromatic nitrogens is 2. The second-order valence-electron chi connectivity index (χ2n) is 10.8. The van der Waals surface area contributed by atoms with Gasteiger partial charge < -0.3 is 19.6 Å². The molecule has 2 aliphatic rings. The van der Waals surface area contributed by atoms with Crippen LogP contribution in [0.5, 0.6) is 0 Å². The van der Waals surface area contributed by atoms with Gasteiger partial charge in [-0.2, -0.15) is 0 Å². The first-order valence-electron chi connectivity index (χ1n) is 13.9. The Hall–Kier alpha value is -2.31. The molecule has 2 heterocycles. The van der Waals surface area contributed by atoms with Gasteiger partial charge >= 0.3 is 0 Å². The van der Waals surface area contributed by atoms with Gasteiger partial charge in [-0.3, -0.25) is 19.8 Å². The van der Waals surface area contributed by atoms with Crippen LogP contribution in [-0.2, 0) is 16.1 Å². The Labute approximate surface area is 234 Å². The van der Waals surface area contributed by atoms with Gasteiger partial charge in [-0.05, 0) is 42.6 Å². The van der Waals surface area contributed by atoms with Crippen LogP contribution in [0.2, 0.25) is 0 Å². The van der Waals surface area contributed by atoms with Crippen LogP contribution in [0.4, 0.5) is 0 Å². The molecule has 3 N–H and O–H groups in total. The second-order valence-corrected chi connectivity index (χ2v) is 11.6. The number of carbonyl (C=O) groups excluding carboxylic acids is 2. The lowest BCUT2D eigenvalue weighted by atomic mass is 9.83. The van der Waals surface area contributed by atoms with E-state index in [4.69, 9.17) is 9.15 Å². The van der Waals surface area contributed by atoms with Crippen LogP contribution in [-0.4, -0.2) is 76.5 Å².